The SMILES string of the molecule is O=c1c2[nH]c3ccccc3c2c(-c2ccccc2)cn1C(CO)C1CC1. The molecule has 0 spiro atoms. The maximum Gasteiger partial charge on any atom is 0.275 e. The first kappa shape index (κ1) is 15.4. The molecule has 4 heteroatoms. The van der Waals surface area contributed by atoms with Gasteiger partial charge in [-0.25, -0.2) is 0 Å². The van der Waals surface area contributed by atoms with Gasteiger partial charge in [-0.15, -0.1) is 0 Å². The maximum absolute atomic E-state index is 13.2. The molecule has 4 nitrogen and oxygen atoms in total. The quantitative estimate of drug-likeness (QED) is 0.586. The molecule has 1 saturated carbocycles. The van der Waals surface area contributed by atoms with Crippen molar-refractivity contribution < 1.29 is 5.11 Å². The summed E-state index contributed by atoms with van der Waals surface area (Å²) in [5.74, 6) is 0.392. The van der Waals surface area contributed by atoms with Crippen LogP contribution < -0.4 is 5.56 Å². The largest absolute Gasteiger partial charge is 0.394 e. The van der Waals surface area contributed by atoms with Gasteiger partial charge in [0.25, 0.3) is 5.56 Å². The van der Waals surface area contributed by atoms with E-state index >= 15 is 0 Å². The molecule has 0 saturated heterocycles. The summed E-state index contributed by atoms with van der Waals surface area (Å²) >= 11 is 0. The molecule has 2 aromatic carbocycles. The molecular formula is C22H20N2O2. The molecule has 2 N–H and O–H groups in total. The number of benzene rings is 2. The van der Waals surface area contributed by atoms with Gasteiger partial charge >= 0.3 is 0 Å². The highest BCUT2D eigenvalue weighted by molar-refractivity contribution is 6.13. The number of H-pyrrole nitrogens is 1. The van der Waals surface area contributed by atoms with Crippen molar-refractivity contribution in [3.8, 4) is 11.1 Å². The minimum atomic E-state index is -0.152. The average molecular weight is 344 g/mol. The molecule has 0 radical (unpaired) electrons. The predicted molar refractivity (Wildman–Crippen MR) is 104 cm³/mol. The van der Waals surface area contributed by atoms with Crippen molar-refractivity contribution in [1.82, 2.24) is 9.55 Å². The Morgan fingerprint density at radius 3 is 2.54 bits per heavy atom. The van der Waals surface area contributed by atoms with Crippen molar-refractivity contribution in [2.75, 3.05) is 6.61 Å². The lowest BCUT2D eigenvalue weighted by Gasteiger charge is -2.19. The fourth-order valence-electron chi connectivity index (χ4n) is 4.00. The Balaban J connectivity index is 1.90. The zero-order chi connectivity index (χ0) is 17.7. The summed E-state index contributed by atoms with van der Waals surface area (Å²) in [6.45, 7) is -0.00939. The summed E-state index contributed by atoms with van der Waals surface area (Å²) in [5.41, 5.74) is 3.62. The molecule has 4 aromatic rings. The Hall–Kier alpha value is -2.85. The minimum Gasteiger partial charge on any atom is -0.394 e. The van der Waals surface area contributed by atoms with E-state index in [1.165, 1.54) is 0 Å². The average Bonchev–Trinajstić information content (AvgIpc) is 3.44. The Labute approximate surface area is 150 Å². The van der Waals surface area contributed by atoms with Gasteiger partial charge < -0.3 is 14.7 Å². The number of pyridine rings is 1. The van der Waals surface area contributed by atoms with Crippen LogP contribution in [-0.4, -0.2) is 21.3 Å². The van der Waals surface area contributed by atoms with Crippen molar-refractivity contribution >= 4 is 21.8 Å². The first-order valence-electron chi connectivity index (χ1n) is 9.10. The van der Waals surface area contributed by atoms with Gasteiger partial charge in [-0.1, -0.05) is 48.5 Å². The van der Waals surface area contributed by atoms with E-state index in [1.807, 2.05) is 42.6 Å². The van der Waals surface area contributed by atoms with E-state index in [2.05, 4.69) is 23.2 Å². The van der Waals surface area contributed by atoms with Gasteiger partial charge in [-0.05, 0) is 30.4 Å². The van der Waals surface area contributed by atoms with Crippen LogP contribution in [0.3, 0.4) is 0 Å². The van der Waals surface area contributed by atoms with Crippen molar-refractivity contribution in [2.24, 2.45) is 5.92 Å². The standard InChI is InChI=1S/C22H20N2O2/c25-13-19(15-10-11-15)24-12-17(14-6-2-1-3-7-14)20-16-8-4-5-9-18(16)23-21(20)22(24)26/h1-9,12,15,19,23,25H,10-11,13H2. The Kier molecular flexibility index (Phi) is 3.47. The number of aromatic amines is 1. The summed E-state index contributed by atoms with van der Waals surface area (Å²) in [7, 11) is 0. The lowest BCUT2D eigenvalue weighted by molar-refractivity contribution is 0.210. The highest BCUT2D eigenvalue weighted by Gasteiger charge is 2.33. The molecule has 1 aliphatic rings. The summed E-state index contributed by atoms with van der Waals surface area (Å²) < 4.78 is 1.75. The molecule has 26 heavy (non-hydrogen) atoms. The minimum absolute atomic E-state index is 0.00939. The fourth-order valence-corrected chi connectivity index (χ4v) is 4.00. The van der Waals surface area contributed by atoms with Crippen molar-refractivity contribution in [2.45, 2.75) is 18.9 Å². The van der Waals surface area contributed by atoms with Gasteiger partial charge in [0.2, 0.25) is 0 Å². The Morgan fingerprint density at radius 2 is 1.81 bits per heavy atom. The number of aliphatic hydroxyl groups excluding tert-OH is 1. The van der Waals surface area contributed by atoms with E-state index in [0.717, 1.165) is 40.3 Å². The molecule has 130 valence electrons. The molecule has 5 rings (SSSR count). The van der Waals surface area contributed by atoms with Crippen LogP contribution in [0.5, 0.6) is 0 Å². The fraction of sp³-hybridized carbons (Fsp3) is 0.227. The second kappa shape index (κ2) is 5.85. The molecule has 1 aliphatic carbocycles. The highest BCUT2D eigenvalue weighted by atomic mass is 16.3. The third-order valence-corrected chi connectivity index (χ3v) is 5.49. The molecule has 0 amide bonds. The number of hydrogen-bond donors (Lipinski definition) is 2. The third-order valence-electron chi connectivity index (χ3n) is 5.49. The van der Waals surface area contributed by atoms with E-state index in [0.29, 0.717) is 11.4 Å². The molecule has 0 aliphatic heterocycles. The number of nitrogens with one attached hydrogen (secondary N) is 1. The highest BCUT2D eigenvalue weighted by Crippen LogP contribution is 2.40. The van der Waals surface area contributed by atoms with Gasteiger partial charge in [-0.2, -0.15) is 0 Å². The van der Waals surface area contributed by atoms with Crippen LogP contribution in [0.15, 0.2) is 65.6 Å². The normalized spacial score (nSPS) is 15.6. The number of nitrogens with zero attached hydrogens (tertiary/aromatic N) is 1. The first-order valence-corrected chi connectivity index (χ1v) is 9.10. The van der Waals surface area contributed by atoms with E-state index < -0.39 is 0 Å². The topological polar surface area (TPSA) is 58.0 Å². The number of fused-ring (bicyclic) bond motifs is 3. The van der Waals surface area contributed by atoms with E-state index in [4.69, 9.17) is 0 Å². The van der Waals surface area contributed by atoms with Gasteiger partial charge in [0, 0.05) is 28.0 Å². The van der Waals surface area contributed by atoms with Gasteiger partial charge in [0.05, 0.1) is 12.6 Å². The lowest BCUT2D eigenvalue weighted by Crippen LogP contribution is -2.28. The number of rotatable bonds is 4. The second-order valence-corrected chi connectivity index (χ2v) is 7.13. The number of hydrogen-bond acceptors (Lipinski definition) is 2. The van der Waals surface area contributed by atoms with Crippen LogP contribution in [0, 0.1) is 5.92 Å². The first-order chi connectivity index (χ1) is 12.8. The van der Waals surface area contributed by atoms with Crippen LogP contribution >= 0.6 is 0 Å². The Morgan fingerprint density at radius 1 is 1.08 bits per heavy atom. The van der Waals surface area contributed by atoms with Crippen LogP contribution in [0.2, 0.25) is 0 Å². The predicted octanol–water partition coefficient (Wildman–Crippen LogP) is 4.09. The van der Waals surface area contributed by atoms with Crippen LogP contribution in [0.1, 0.15) is 18.9 Å². The van der Waals surface area contributed by atoms with Gasteiger partial charge in [0.1, 0.15) is 5.52 Å². The molecule has 2 heterocycles. The second-order valence-electron chi connectivity index (χ2n) is 7.13. The molecule has 1 fully saturated rings. The van der Waals surface area contributed by atoms with Gasteiger partial charge in [-0.3, -0.25) is 4.79 Å². The van der Waals surface area contributed by atoms with E-state index in [1.54, 1.807) is 4.57 Å². The van der Waals surface area contributed by atoms with E-state index in [-0.39, 0.29) is 18.2 Å². The number of aromatic nitrogens is 2. The summed E-state index contributed by atoms with van der Waals surface area (Å²) in [5, 5.41) is 11.9. The van der Waals surface area contributed by atoms with Crippen LogP contribution in [0.25, 0.3) is 32.9 Å². The molecule has 2 aromatic heterocycles. The summed E-state index contributed by atoms with van der Waals surface area (Å²) in [6.07, 6.45) is 4.09. The maximum atomic E-state index is 13.2. The number of para-hydroxylation sites is 1. The van der Waals surface area contributed by atoms with Crippen LogP contribution in [-0.2, 0) is 0 Å². The van der Waals surface area contributed by atoms with Crippen molar-refractivity contribution in [3.63, 3.8) is 0 Å². The smallest absolute Gasteiger partial charge is 0.275 e. The third kappa shape index (κ3) is 2.30. The molecular weight excluding hydrogens is 324 g/mol. The van der Waals surface area contributed by atoms with Crippen molar-refractivity contribution in [3.05, 3.63) is 71.1 Å². The summed E-state index contributed by atoms with van der Waals surface area (Å²) in [4.78, 5) is 16.6. The monoisotopic (exact) mass is 344 g/mol. The Bertz CT molecular complexity index is 1150. The molecule has 0 bridgehead atoms. The van der Waals surface area contributed by atoms with Crippen molar-refractivity contribution in [1.29, 1.82) is 0 Å². The van der Waals surface area contributed by atoms with E-state index in [9.17, 15) is 9.90 Å². The number of aliphatic hydroxyl groups is 1. The summed E-state index contributed by atoms with van der Waals surface area (Å²) in [6, 6.07) is 18.0. The zero-order valence-corrected chi connectivity index (χ0v) is 14.4. The zero-order valence-electron chi connectivity index (χ0n) is 14.4. The van der Waals surface area contributed by atoms with Gasteiger partial charge in [0.15, 0.2) is 0 Å². The molecule has 1 atom stereocenters. The molecule has 1 unspecified atom stereocenters. The lowest BCUT2D eigenvalue weighted by atomic mass is 10.0. The van der Waals surface area contributed by atoms with Crippen LogP contribution in [0.4, 0.5) is 0 Å².